The molecule has 2 aliphatic carbocycles. The van der Waals surface area contributed by atoms with Gasteiger partial charge in [0, 0.05) is 73.5 Å². The fourth-order valence-corrected chi connectivity index (χ4v) is 10.2. The summed E-state index contributed by atoms with van der Waals surface area (Å²) in [6.07, 6.45) is 8.02. The van der Waals surface area contributed by atoms with Gasteiger partial charge in [-0.3, -0.25) is 24.1 Å². The Bertz CT molecular complexity index is 1650. The first kappa shape index (κ1) is 61.2. The molecule has 1 aromatic heterocycles. The summed E-state index contributed by atoms with van der Waals surface area (Å²) in [5.74, 6) is 2.71. The molecule has 2 N–H and O–H groups in total. The Hall–Kier alpha value is -2.92. The van der Waals surface area contributed by atoms with E-state index in [1.54, 1.807) is 0 Å². The number of aryl methyl sites for hydroxylation is 1. The third kappa shape index (κ3) is 23.8. The highest BCUT2D eigenvalue weighted by Crippen LogP contribution is 2.53. The van der Waals surface area contributed by atoms with Crippen LogP contribution in [0.5, 0.6) is 0 Å². The molecule has 4 rings (SSSR count). The average Bonchev–Trinajstić information content (AvgIpc) is 3.57. The molecule has 3 aliphatic rings. The fourth-order valence-electron chi connectivity index (χ4n) is 8.66. The summed E-state index contributed by atoms with van der Waals surface area (Å²) in [5, 5.41) is 15.4. The van der Waals surface area contributed by atoms with Gasteiger partial charge in [0.25, 0.3) is 0 Å². The van der Waals surface area contributed by atoms with Crippen LogP contribution in [0.1, 0.15) is 166 Å². The summed E-state index contributed by atoms with van der Waals surface area (Å²) in [4.78, 5) is 60.3. The van der Waals surface area contributed by atoms with E-state index in [2.05, 4.69) is 81.0 Å². The number of carbonyl (C=O) groups excluding carboxylic acids is 5. The number of ketones is 2. The number of Topliss-reactive ketones (excluding diaryl/α,β-unsaturated/α-hetero) is 2. The number of aromatic nitrogens is 3. The molecule has 0 aromatic carbocycles. The molecule has 0 bridgehead atoms. The lowest BCUT2D eigenvalue weighted by molar-refractivity contribution is -0.140. The van der Waals surface area contributed by atoms with Gasteiger partial charge in [0.1, 0.15) is 11.6 Å². The van der Waals surface area contributed by atoms with Gasteiger partial charge in [-0.1, -0.05) is 94.7 Å². The number of alkyl carbamates (subject to hydrolysis) is 1. The maximum atomic E-state index is 12.1. The van der Waals surface area contributed by atoms with E-state index in [0.717, 1.165) is 57.2 Å². The van der Waals surface area contributed by atoms with E-state index in [-0.39, 0.29) is 52.1 Å². The van der Waals surface area contributed by atoms with Crippen LogP contribution < -0.4 is 10.6 Å². The summed E-state index contributed by atoms with van der Waals surface area (Å²) < 4.78 is 24.1. The molecular formula is C52H94N6O9S. The van der Waals surface area contributed by atoms with E-state index in [9.17, 15) is 24.0 Å². The molecule has 1 saturated carbocycles. The number of carbonyl (C=O) groups is 5. The zero-order valence-electron chi connectivity index (χ0n) is 44.8. The summed E-state index contributed by atoms with van der Waals surface area (Å²) in [7, 11) is 0. The topological polar surface area (TPSA) is 180 Å². The number of ether oxygens (including phenoxy) is 4. The smallest absolute Gasteiger partial charge is 0.407 e. The largest absolute Gasteiger partial charge is 0.449 e. The number of amides is 3. The van der Waals surface area contributed by atoms with E-state index >= 15 is 0 Å². The van der Waals surface area contributed by atoms with E-state index in [0.29, 0.717) is 119 Å². The molecule has 2 heterocycles. The van der Waals surface area contributed by atoms with Crippen molar-refractivity contribution in [2.45, 2.75) is 183 Å². The molecule has 16 heteroatoms. The molecule has 2 fully saturated rings. The molecule has 0 radical (unpaired) electrons. The van der Waals surface area contributed by atoms with Crippen molar-refractivity contribution >= 4 is 41.2 Å². The van der Waals surface area contributed by atoms with Crippen molar-refractivity contribution in [1.82, 2.24) is 30.5 Å². The molecule has 392 valence electrons. The number of hydrogen-bond acceptors (Lipinski definition) is 13. The van der Waals surface area contributed by atoms with Gasteiger partial charge in [-0.25, -0.2) is 9.48 Å². The average molecular weight is 979 g/mol. The lowest BCUT2D eigenvalue weighted by Crippen LogP contribution is -2.32. The van der Waals surface area contributed by atoms with Gasteiger partial charge in [0.2, 0.25) is 11.8 Å². The lowest BCUT2D eigenvalue weighted by Gasteiger charge is -2.26. The van der Waals surface area contributed by atoms with Crippen LogP contribution in [-0.2, 0) is 51.0 Å². The van der Waals surface area contributed by atoms with Crippen LogP contribution >= 0.6 is 11.8 Å². The number of rotatable bonds is 29. The number of likely N-dealkylation sites (tertiary alicyclic amines) is 1. The highest BCUT2D eigenvalue weighted by Gasteiger charge is 2.50. The van der Waals surface area contributed by atoms with E-state index in [1.807, 2.05) is 53.3 Å². The number of thioether (sulfide) groups is 1. The van der Waals surface area contributed by atoms with Crippen molar-refractivity contribution in [3.8, 4) is 0 Å². The second kappa shape index (κ2) is 32.1. The molecule has 1 aromatic rings. The fraction of sp³-hybridized carbons (Fsp3) is 0.865. The van der Waals surface area contributed by atoms with Crippen LogP contribution in [0.25, 0.3) is 0 Å². The van der Waals surface area contributed by atoms with E-state index in [1.165, 1.54) is 10.6 Å². The molecule has 4 unspecified atom stereocenters. The predicted molar refractivity (Wildman–Crippen MR) is 272 cm³/mol. The Kier molecular flexibility index (Phi) is 28.9. The molecule has 0 spiro atoms. The van der Waals surface area contributed by atoms with Crippen LogP contribution in [0.2, 0.25) is 0 Å². The van der Waals surface area contributed by atoms with Crippen molar-refractivity contribution in [3.63, 3.8) is 0 Å². The van der Waals surface area contributed by atoms with E-state index in [4.69, 9.17) is 18.9 Å². The standard InChI is InChI=1S/C25H45N5O5.C16H27NO3.C11H22OS/c1-18(2)26-9-11-32-13-15-34-16-14-33-12-10-27-25(31)35-17-22-20-5-7-23-24(8-6-21(20)22)30(19(3)4)29-28-23;1-11(2)13-10-15(19)17(16(13)20)9-7-5-6-8-14(18)12(3)4;1-8(2)10(12)7-11(5,6)13-9(3)4/h18-22,26H,5-17H2,1-4H3,(H,27,31);11-13H,5-10H2,1-4H3;8-9H,7H2,1-6H3. The lowest BCUT2D eigenvalue weighted by atomic mass is 9.94. The van der Waals surface area contributed by atoms with E-state index < -0.39 is 0 Å². The van der Waals surface area contributed by atoms with Crippen molar-refractivity contribution in [2.75, 3.05) is 65.9 Å². The van der Waals surface area contributed by atoms with Crippen LogP contribution in [-0.4, -0.2) is 131 Å². The summed E-state index contributed by atoms with van der Waals surface area (Å²) in [6, 6.07) is 0.811. The number of imide groups is 1. The maximum Gasteiger partial charge on any atom is 0.407 e. The van der Waals surface area contributed by atoms with Gasteiger partial charge in [-0.05, 0) is 81.3 Å². The van der Waals surface area contributed by atoms with Crippen LogP contribution in [0, 0.1) is 41.4 Å². The normalized spacial score (nSPS) is 19.1. The van der Waals surface area contributed by atoms with Crippen LogP contribution in [0.15, 0.2) is 0 Å². The highest BCUT2D eigenvalue weighted by atomic mass is 32.2. The third-order valence-corrected chi connectivity index (χ3v) is 13.8. The van der Waals surface area contributed by atoms with Gasteiger partial charge in [0.05, 0.1) is 57.6 Å². The number of nitrogens with one attached hydrogen (secondary N) is 2. The molecule has 4 atom stereocenters. The van der Waals surface area contributed by atoms with Crippen molar-refractivity contribution in [2.24, 2.45) is 41.4 Å². The van der Waals surface area contributed by atoms with Gasteiger partial charge >= 0.3 is 6.09 Å². The molecule has 3 amide bonds. The van der Waals surface area contributed by atoms with Gasteiger partial charge in [-0.2, -0.15) is 11.8 Å². The zero-order chi connectivity index (χ0) is 51.0. The Morgan fingerprint density at radius 3 is 1.90 bits per heavy atom. The summed E-state index contributed by atoms with van der Waals surface area (Å²) in [5.41, 5.74) is 2.44. The highest BCUT2D eigenvalue weighted by molar-refractivity contribution is 8.01. The Balaban J connectivity index is 0.000000404. The number of hydrogen-bond donors (Lipinski definition) is 2. The van der Waals surface area contributed by atoms with Crippen LogP contribution in [0.4, 0.5) is 4.79 Å². The van der Waals surface area contributed by atoms with Crippen molar-refractivity contribution in [1.29, 1.82) is 0 Å². The summed E-state index contributed by atoms with van der Waals surface area (Å²) in [6.45, 7) is 34.4. The number of nitrogens with zero attached hydrogens (tertiary/aromatic N) is 4. The Morgan fingerprint density at radius 2 is 1.35 bits per heavy atom. The minimum absolute atomic E-state index is 0.0109. The quantitative estimate of drug-likeness (QED) is 0.0576. The predicted octanol–water partition coefficient (Wildman–Crippen LogP) is 8.70. The van der Waals surface area contributed by atoms with Gasteiger partial charge < -0.3 is 29.6 Å². The third-order valence-electron chi connectivity index (χ3n) is 12.6. The Labute approximate surface area is 415 Å². The number of fused-ring (bicyclic) bond motifs is 2. The minimum atomic E-state index is -0.367. The van der Waals surface area contributed by atoms with Gasteiger partial charge in [-0.15, -0.1) is 5.10 Å². The maximum absolute atomic E-state index is 12.1. The molecule has 1 aliphatic heterocycles. The summed E-state index contributed by atoms with van der Waals surface area (Å²) >= 11 is 1.88. The molecule has 1 saturated heterocycles. The first-order valence-electron chi connectivity index (χ1n) is 25.9. The first-order chi connectivity index (χ1) is 32.1. The SMILES string of the molecule is CC(C)C(=O)CCCCCN1C(=O)CC(C(C)C)C1=O.CC(C)NCCOCCOCCOCCNC(=O)OCC1C2CCc3nnn(C(C)C)c3CCC21.CC(C)SC(C)(C)CC(=O)C(C)C. The van der Waals surface area contributed by atoms with Gasteiger partial charge in [0.15, 0.2) is 0 Å². The first-order valence-corrected chi connectivity index (χ1v) is 26.8. The van der Waals surface area contributed by atoms with Crippen molar-refractivity contribution in [3.05, 3.63) is 11.4 Å². The van der Waals surface area contributed by atoms with Crippen molar-refractivity contribution < 1.29 is 42.9 Å². The molecular weight excluding hydrogens is 885 g/mol. The second-order valence-corrected chi connectivity index (χ2v) is 23.4. The molecule has 68 heavy (non-hydrogen) atoms. The monoisotopic (exact) mass is 979 g/mol. The minimum Gasteiger partial charge on any atom is -0.449 e. The zero-order valence-corrected chi connectivity index (χ0v) is 45.6. The second-order valence-electron chi connectivity index (χ2n) is 21.2. The Morgan fingerprint density at radius 1 is 0.765 bits per heavy atom. The molecule has 15 nitrogen and oxygen atoms in total. The number of unbranched alkanes of at least 4 members (excludes halogenated alkanes) is 2. The van der Waals surface area contributed by atoms with Crippen LogP contribution in [0.3, 0.4) is 0 Å².